The van der Waals surface area contributed by atoms with Gasteiger partial charge in [0.2, 0.25) is 0 Å². The van der Waals surface area contributed by atoms with Crippen molar-refractivity contribution in [2.75, 3.05) is 7.05 Å². The third-order valence-corrected chi connectivity index (χ3v) is 3.82. The maximum Gasteiger partial charge on any atom is 0.0723 e. The SMILES string of the molecule is CNC1CCC(OCc2ccccc2C)CC1. The quantitative estimate of drug-likeness (QED) is 0.863. The van der Waals surface area contributed by atoms with Crippen LogP contribution in [0.15, 0.2) is 24.3 Å². The average Bonchev–Trinajstić information content (AvgIpc) is 2.38. The Hall–Kier alpha value is -0.860. The minimum absolute atomic E-state index is 0.458. The van der Waals surface area contributed by atoms with Gasteiger partial charge in [-0.3, -0.25) is 0 Å². The second kappa shape index (κ2) is 6.18. The highest BCUT2D eigenvalue weighted by Crippen LogP contribution is 2.22. The summed E-state index contributed by atoms with van der Waals surface area (Å²) >= 11 is 0. The summed E-state index contributed by atoms with van der Waals surface area (Å²) in [7, 11) is 2.05. The van der Waals surface area contributed by atoms with Crippen molar-refractivity contribution >= 4 is 0 Å². The lowest BCUT2D eigenvalue weighted by Gasteiger charge is -2.28. The van der Waals surface area contributed by atoms with Gasteiger partial charge in [0.1, 0.15) is 0 Å². The highest BCUT2D eigenvalue weighted by molar-refractivity contribution is 5.24. The smallest absolute Gasteiger partial charge is 0.0723 e. The number of nitrogens with one attached hydrogen (secondary N) is 1. The summed E-state index contributed by atoms with van der Waals surface area (Å²) in [5.41, 5.74) is 2.65. The van der Waals surface area contributed by atoms with Crippen LogP contribution >= 0.6 is 0 Å². The second-order valence-corrected chi connectivity index (χ2v) is 5.00. The van der Waals surface area contributed by atoms with Crippen LogP contribution in [0.4, 0.5) is 0 Å². The fraction of sp³-hybridized carbons (Fsp3) is 0.600. The van der Waals surface area contributed by atoms with Crippen molar-refractivity contribution in [3.8, 4) is 0 Å². The first-order chi connectivity index (χ1) is 8.29. The molecule has 0 saturated heterocycles. The molecule has 0 heterocycles. The molecule has 0 unspecified atom stereocenters. The Labute approximate surface area is 104 Å². The monoisotopic (exact) mass is 233 g/mol. The standard InChI is InChI=1S/C15H23NO/c1-12-5-3-4-6-13(12)11-17-15-9-7-14(16-2)8-10-15/h3-6,14-16H,7-11H2,1-2H3. The van der Waals surface area contributed by atoms with Crippen LogP contribution in [0.25, 0.3) is 0 Å². The molecule has 0 atom stereocenters. The lowest BCUT2D eigenvalue weighted by molar-refractivity contribution is 0.0116. The van der Waals surface area contributed by atoms with Gasteiger partial charge in [-0.05, 0) is 50.8 Å². The molecule has 0 radical (unpaired) electrons. The summed E-state index contributed by atoms with van der Waals surface area (Å²) in [6.07, 6.45) is 5.33. The molecular formula is C15H23NO. The fourth-order valence-corrected chi connectivity index (χ4v) is 2.50. The van der Waals surface area contributed by atoms with Crippen molar-refractivity contribution in [3.63, 3.8) is 0 Å². The van der Waals surface area contributed by atoms with Gasteiger partial charge in [0.25, 0.3) is 0 Å². The minimum Gasteiger partial charge on any atom is -0.374 e. The number of hydrogen-bond acceptors (Lipinski definition) is 2. The Morgan fingerprint density at radius 3 is 2.53 bits per heavy atom. The molecule has 2 nitrogen and oxygen atoms in total. The first-order valence-corrected chi connectivity index (χ1v) is 6.63. The van der Waals surface area contributed by atoms with Crippen LogP contribution in [-0.4, -0.2) is 19.2 Å². The van der Waals surface area contributed by atoms with Crippen LogP contribution in [0.3, 0.4) is 0 Å². The third-order valence-electron chi connectivity index (χ3n) is 3.82. The van der Waals surface area contributed by atoms with Crippen molar-refractivity contribution in [2.45, 2.75) is 51.4 Å². The summed E-state index contributed by atoms with van der Waals surface area (Å²) in [6, 6.07) is 9.18. The van der Waals surface area contributed by atoms with Gasteiger partial charge in [-0.25, -0.2) is 0 Å². The molecule has 0 aromatic heterocycles. The molecule has 2 heteroatoms. The molecule has 0 amide bonds. The van der Waals surface area contributed by atoms with Gasteiger partial charge < -0.3 is 10.1 Å². The molecule has 0 spiro atoms. The average molecular weight is 233 g/mol. The summed E-state index contributed by atoms with van der Waals surface area (Å²) in [5.74, 6) is 0. The Kier molecular flexibility index (Phi) is 4.57. The summed E-state index contributed by atoms with van der Waals surface area (Å²) in [5, 5.41) is 3.35. The highest BCUT2D eigenvalue weighted by atomic mass is 16.5. The van der Waals surface area contributed by atoms with E-state index < -0.39 is 0 Å². The van der Waals surface area contributed by atoms with Gasteiger partial charge in [-0.1, -0.05) is 24.3 Å². The van der Waals surface area contributed by atoms with Crippen LogP contribution in [-0.2, 0) is 11.3 Å². The summed E-state index contributed by atoms with van der Waals surface area (Å²) in [6.45, 7) is 2.91. The molecular weight excluding hydrogens is 210 g/mol. The predicted molar refractivity (Wildman–Crippen MR) is 71.1 cm³/mol. The molecule has 1 aliphatic rings. The van der Waals surface area contributed by atoms with E-state index in [0.29, 0.717) is 12.1 Å². The van der Waals surface area contributed by atoms with Crippen LogP contribution in [0.2, 0.25) is 0 Å². The molecule has 1 fully saturated rings. The van der Waals surface area contributed by atoms with E-state index in [2.05, 4.69) is 43.6 Å². The first-order valence-electron chi connectivity index (χ1n) is 6.63. The van der Waals surface area contributed by atoms with E-state index in [0.717, 1.165) is 6.61 Å². The van der Waals surface area contributed by atoms with E-state index in [-0.39, 0.29) is 0 Å². The normalized spacial score (nSPS) is 24.8. The summed E-state index contributed by atoms with van der Waals surface area (Å²) < 4.78 is 6.01. The third kappa shape index (κ3) is 3.55. The second-order valence-electron chi connectivity index (χ2n) is 5.00. The van der Waals surface area contributed by atoms with Crippen molar-refractivity contribution in [1.82, 2.24) is 5.32 Å². The van der Waals surface area contributed by atoms with Crippen LogP contribution in [0.5, 0.6) is 0 Å². The van der Waals surface area contributed by atoms with Crippen LogP contribution in [0, 0.1) is 6.92 Å². The van der Waals surface area contributed by atoms with Crippen molar-refractivity contribution in [2.24, 2.45) is 0 Å². The Morgan fingerprint density at radius 1 is 1.18 bits per heavy atom. The Bertz CT molecular complexity index is 343. The molecule has 1 aromatic carbocycles. The fourth-order valence-electron chi connectivity index (χ4n) is 2.50. The van der Waals surface area contributed by atoms with Crippen molar-refractivity contribution in [1.29, 1.82) is 0 Å². The highest BCUT2D eigenvalue weighted by Gasteiger charge is 2.20. The van der Waals surface area contributed by atoms with Gasteiger partial charge in [0.05, 0.1) is 12.7 Å². The minimum atomic E-state index is 0.458. The van der Waals surface area contributed by atoms with E-state index >= 15 is 0 Å². The van der Waals surface area contributed by atoms with Gasteiger partial charge in [-0.2, -0.15) is 0 Å². The lowest BCUT2D eigenvalue weighted by atomic mass is 9.93. The van der Waals surface area contributed by atoms with E-state index in [9.17, 15) is 0 Å². The molecule has 17 heavy (non-hydrogen) atoms. The Balaban J connectivity index is 1.78. The van der Waals surface area contributed by atoms with E-state index in [1.54, 1.807) is 0 Å². The van der Waals surface area contributed by atoms with Crippen LogP contribution in [0.1, 0.15) is 36.8 Å². The predicted octanol–water partition coefficient (Wildman–Crippen LogP) is 3.04. The molecule has 94 valence electrons. The molecule has 1 aliphatic carbocycles. The maximum absolute atomic E-state index is 6.01. The molecule has 2 rings (SSSR count). The Morgan fingerprint density at radius 2 is 1.88 bits per heavy atom. The molecule has 1 aromatic rings. The van der Waals surface area contributed by atoms with E-state index in [1.807, 2.05) is 0 Å². The van der Waals surface area contributed by atoms with Gasteiger partial charge in [0.15, 0.2) is 0 Å². The number of rotatable bonds is 4. The maximum atomic E-state index is 6.01. The zero-order chi connectivity index (χ0) is 12.1. The molecule has 0 bridgehead atoms. The van der Waals surface area contributed by atoms with Gasteiger partial charge in [0, 0.05) is 6.04 Å². The topological polar surface area (TPSA) is 21.3 Å². The molecule has 1 saturated carbocycles. The first kappa shape index (κ1) is 12.6. The van der Waals surface area contributed by atoms with Gasteiger partial charge >= 0.3 is 0 Å². The van der Waals surface area contributed by atoms with E-state index in [4.69, 9.17) is 4.74 Å². The summed E-state index contributed by atoms with van der Waals surface area (Å²) in [4.78, 5) is 0. The molecule has 1 N–H and O–H groups in total. The van der Waals surface area contributed by atoms with E-state index in [1.165, 1.54) is 36.8 Å². The zero-order valence-corrected chi connectivity index (χ0v) is 10.9. The largest absolute Gasteiger partial charge is 0.374 e. The number of hydrogen-bond donors (Lipinski definition) is 1. The lowest BCUT2D eigenvalue weighted by Crippen LogP contribution is -2.32. The van der Waals surface area contributed by atoms with Crippen LogP contribution < -0.4 is 5.32 Å². The number of ether oxygens (including phenoxy) is 1. The van der Waals surface area contributed by atoms with Crippen molar-refractivity contribution in [3.05, 3.63) is 35.4 Å². The molecule has 0 aliphatic heterocycles. The number of aryl methyl sites for hydroxylation is 1. The van der Waals surface area contributed by atoms with Crippen molar-refractivity contribution < 1.29 is 4.74 Å². The zero-order valence-electron chi connectivity index (χ0n) is 10.9. The van der Waals surface area contributed by atoms with Gasteiger partial charge in [-0.15, -0.1) is 0 Å². The number of benzene rings is 1.